The van der Waals surface area contributed by atoms with Crippen molar-refractivity contribution in [1.82, 2.24) is 10.2 Å². The molecule has 0 aromatic rings. The standard InChI is InChI=1S/C12H20N2O5/c1-14(8-3-5-9(15)19-2)11(18)13-12(10(16)17)6-4-7-12/h3-8H2,1-2H3,(H,13,18)(H,16,17). The molecular weight excluding hydrogens is 252 g/mol. The van der Waals surface area contributed by atoms with Gasteiger partial charge in [-0.3, -0.25) is 4.79 Å². The number of carboxylic acid groups (broad SMARTS) is 1. The molecule has 1 aliphatic carbocycles. The third kappa shape index (κ3) is 3.84. The summed E-state index contributed by atoms with van der Waals surface area (Å²) in [6.45, 7) is 0.372. The molecule has 0 bridgehead atoms. The van der Waals surface area contributed by atoms with Gasteiger partial charge in [0, 0.05) is 20.0 Å². The molecule has 2 N–H and O–H groups in total. The van der Waals surface area contributed by atoms with E-state index in [1.165, 1.54) is 12.0 Å². The monoisotopic (exact) mass is 272 g/mol. The van der Waals surface area contributed by atoms with Crippen LogP contribution in [0, 0.1) is 0 Å². The van der Waals surface area contributed by atoms with Crippen LogP contribution in [0.4, 0.5) is 4.79 Å². The van der Waals surface area contributed by atoms with E-state index >= 15 is 0 Å². The van der Waals surface area contributed by atoms with Crippen molar-refractivity contribution in [3.8, 4) is 0 Å². The predicted molar refractivity (Wildman–Crippen MR) is 66.6 cm³/mol. The van der Waals surface area contributed by atoms with Gasteiger partial charge in [0.25, 0.3) is 0 Å². The van der Waals surface area contributed by atoms with Gasteiger partial charge >= 0.3 is 18.0 Å². The number of hydrogen-bond donors (Lipinski definition) is 2. The maximum atomic E-state index is 11.8. The van der Waals surface area contributed by atoms with E-state index in [-0.39, 0.29) is 12.4 Å². The molecule has 1 fully saturated rings. The molecule has 108 valence electrons. The molecule has 7 nitrogen and oxygen atoms in total. The molecule has 0 aromatic carbocycles. The fourth-order valence-corrected chi connectivity index (χ4v) is 1.89. The van der Waals surface area contributed by atoms with Crippen molar-refractivity contribution in [2.75, 3.05) is 20.7 Å². The van der Waals surface area contributed by atoms with Crippen LogP contribution in [0.15, 0.2) is 0 Å². The van der Waals surface area contributed by atoms with E-state index in [2.05, 4.69) is 10.1 Å². The Balaban J connectivity index is 2.36. The second kappa shape index (κ2) is 6.40. The van der Waals surface area contributed by atoms with Crippen molar-refractivity contribution in [3.63, 3.8) is 0 Å². The zero-order valence-electron chi connectivity index (χ0n) is 11.3. The Morgan fingerprint density at radius 1 is 1.37 bits per heavy atom. The number of hydrogen-bond acceptors (Lipinski definition) is 4. The SMILES string of the molecule is COC(=O)CCCN(C)C(=O)NC1(C(=O)O)CCC1. The van der Waals surface area contributed by atoms with Gasteiger partial charge in [-0.25, -0.2) is 9.59 Å². The van der Waals surface area contributed by atoms with Crippen molar-refractivity contribution in [2.24, 2.45) is 0 Å². The largest absolute Gasteiger partial charge is 0.480 e. The lowest BCUT2D eigenvalue weighted by Crippen LogP contribution is -2.61. The van der Waals surface area contributed by atoms with Crippen molar-refractivity contribution in [3.05, 3.63) is 0 Å². The lowest BCUT2D eigenvalue weighted by atomic mass is 9.77. The normalized spacial score (nSPS) is 16.1. The molecular formula is C12H20N2O5. The Morgan fingerprint density at radius 3 is 2.42 bits per heavy atom. The number of aliphatic carboxylic acids is 1. The summed E-state index contributed by atoms with van der Waals surface area (Å²) in [4.78, 5) is 35.2. The van der Waals surface area contributed by atoms with Gasteiger partial charge in [0.1, 0.15) is 5.54 Å². The zero-order chi connectivity index (χ0) is 14.5. The van der Waals surface area contributed by atoms with Crippen LogP contribution in [0.3, 0.4) is 0 Å². The van der Waals surface area contributed by atoms with Gasteiger partial charge in [0.05, 0.1) is 7.11 Å². The molecule has 1 aliphatic rings. The fourth-order valence-electron chi connectivity index (χ4n) is 1.89. The number of urea groups is 1. The molecule has 0 unspecified atom stereocenters. The summed E-state index contributed by atoms with van der Waals surface area (Å²) in [5.41, 5.74) is -1.10. The van der Waals surface area contributed by atoms with Crippen LogP contribution in [0.25, 0.3) is 0 Å². The molecule has 7 heteroatoms. The third-order valence-electron chi connectivity index (χ3n) is 3.41. The number of rotatable bonds is 6. The number of esters is 1. The topological polar surface area (TPSA) is 95.9 Å². The number of carbonyl (C=O) groups excluding carboxylic acids is 2. The summed E-state index contributed by atoms with van der Waals surface area (Å²) in [5, 5.41) is 11.7. The van der Waals surface area contributed by atoms with Gasteiger partial charge in [0.2, 0.25) is 0 Å². The lowest BCUT2D eigenvalue weighted by Gasteiger charge is -2.39. The molecule has 0 saturated heterocycles. The highest BCUT2D eigenvalue weighted by Crippen LogP contribution is 2.32. The molecule has 0 aliphatic heterocycles. The summed E-state index contributed by atoms with van der Waals surface area (Å²) in [6, 6.07) is -0.424. The van der Waals surface area contributed by atoms with Crippen molar-refractivity contribution < 1.29 is 24.2 Å². The first-order chi connectivity index (χ1) is 8.91. The number of nitrogens with zero attached hydrogens (tertiary/aromatic N) is 1. The molecule has 1 saturated carbocycles. The Hall–Kier alpha value is -1.79. The zero-order valence-corrected chi connectivity index (χ0v) is 11.3. The molecule has 2 amide bonds. The molecule has 19 heavy (non-hydrogen) atoms. The van der Waals surface area contributed by atoms with E-state index in [4.69, 9.17) is 5.11 Å². The number of carboxylic acids is 1. The minimum Gasteiger partial charge on any atom is -0.480 e. The van der Waals surface area contributed by atoms with Crippen molar-refractivity contribution in [2.45, 2.75) is 37.6 Å². The minimum absolute atomic E-state index is 0.234. The second-order valence-electron chi connectivity index (χ2n) is 4.77. The van der Waals surface area contributed by atoms with E-state index in [0.29, 0.717) is 25.8 Å². The maximum absolute atomic E-state index is 11.8. The van der Waals surface area contributed by atoms with E-state index in [0.717, 1.165) is 6.42 Å². The third-order valence-corrected chi connectivity index (χ3v) is 3.41. The molecule has 0 spiro atoms. The average molecular weight is 272 g/mol. The van der Waals surface area contributed by atoms with E-state index in [1.54, 1.807) is 7.05 Å². The summed E-state index contributed by atoms with van der Waals surface area (Å²) in [7, 11) is 2.88. The average Bonchev–Trinajstić information content (AvgIpc) is 2.32. The Bertz CT molecular complexity index is 365. The summed E-state index contributed by atoms with van der Waals surface area (Å²) >= 11 is 0. The predicted octanol–water partition coefficient (Wildman–Crippen LogP) is 0.588. The molecule has 0 radical (unpaired) electrons. The van der Waals surface area contributed by atoms with Crippen LogP contribution in [0.1, 0.15) is 32.1 Å². The van der Waals surface area contributed by atoms with Gasteiger partial charge in [0.15, 0.2) is 0 Å². The van der Waals surface area contributed by atoms with Crippen molar-refractivity contribution in [1.29, 1.82) is 0 Å². The van der Waals surface area contributed by atoms with E-state index in [1.807, 2.05) is 0 Å². The molecule has 0 aromatic heterocycles. The highest BCUT2D eigenvalue weighted by atomic mass is 16.5. The van der Waals surface area contributed by atoms with E-state index in [9.17, 15) is 14.4 Å². The van der Waals surface area contributed by atoms with Crippen LogP contribution in [0.2, 0.25) is 0 Å². The highest BCUT2D eigenvalue weighted by molar-refractivity contribution is 5.87. The molecule has 0 heterocycles. The summed E-state index contributed by atoms with van der Waals surface area (Å²) < 4.78 is 4.50. The number of carbonyl (C=O) groups is 3. The molecule has 1 rings (SSSR count). The van der Waals surface area contributed by atoms with Gasteiger partial charge < -0.3 is 20.1 Å². The van der Waals surface area contributed by atoms with Crippen LogP contribution >= 0.6 is 0 Å². The Labute approximate surface area is 111 Å². The van der Waals surface area contributed by atoms with Gasteiger partial charge in [-0.2, -0.15) is 0 Å². The first kappa shape index (κ1) is 15.3. The summed E-state index contributed by atoms with van der Waals surface area (Å²) in [6.07, 6.45) is 2.45. The van der Waals surface area contributed by atoms with E-state index < -0.39 is 17.5 Å². The van der Waals surface area contributed by atoms with Gasteiger partial charge in [-0.05, 0) is 25.7 Å². The quantitative estimate of drug-likeness (QED) is 0.690. The van der Waals surface area contributed by atoms with Crippen LogP contribution in [0.5, 0.6) is 0 Å². The van der Waals surface area contributed by atoms with Crippen LogP contribution in [-0.4, -0.2) is 54.2 Å². The first-order valence-electron chi connectivity index (χ1n) is 6.25. The minimum atomic E-state index is -1.10. The smallest absolute Gasteiger partial charge is 0.329 e. The maximum Gasteiger partial charge on any atom is 0.329 e. The van der Waals surface area contributed by atoms with Crippen molar-refractivity contribution >= 4 is 18.0 Å². The lowest BCUT2D eigenvalue weighted by molar-refractivity contribution is -0.148. The number of amides is 2. The van der Waals surface area contributed by atoms with Crippen LogP contribution in [-0.2, 0) is 14.3 Å². The number of methoxy groups -OCH3 is 1. The van der Waals surface area contributed by atoms with Gasteiger partial charge in [-0.1, -0.05) is 0 Å². The second-order valence-corrected chi connectivity index (χ2v) is 4.77. The Morgan fingerprint density at radius 2 is 2.00 bits per heavy atom. The summed E-state index contributed by atoms with van der Waals surface area (Å²) in [5.74, 6) is -1.31. The molecule has 0 atom stereocenters. The highest BCUT2D eigenvalue weighted by Gasteiger charge is 2.46. The van der Waals surface area contributed by atoms with Gasteiger partial charge in [-0.15, -0.1) is 0 Å². The number of ether oxygens (including phenoxy) is 1. The fraction of sp³-hybridized carbons (Fsp3) is 0.750. The Kier molecular flexibility index (Phi) is 5.14. The first-order valence-corrected chi connectivity index (χ1v) is 6.25. The van der Waals surface area contributed by atoms with Crippen LogP contribution < -0.4 is 5.32 Å². The number of nitrogens with one attached hydrogen (secondary N) is 1.